The molecule has 0 saturated carbocycles. The van der Waals surface area contributed by atoms with Crippen LogP contribution in [0.2, 0.25) is 0 Å². The van der Waals surface area contributed by atoms with Gasteiger partial charge < -0.3 is 31.2 Å². The minimum Gasteiger partial charge on any atom is -0.463 e. The van der Waals surface area contributed by atoms with E-state index in [0.717, 1.165) is 49.9 Å². The number of nitrogens with zero attached hydrogens (tertiary/aromatic N) is 2. The SMILES string of the molecule is CCNC1C=CC(CC)CC1COC(=O)C12OC1(CC=C(C)CC1(c3ccnc(N)c3)CCCNC(=NC)N1)C(=O)c1ccccc1C2=O. The molecule has 5 N–H and O–H groups in total. The van der Waals surface area contributed by atoms with Crippen molar-refractivity contribution in [1.29, 1.82) is 0 Å². The smallest absolute Gasteiger partial charge is 0.350 e. The number of esters is 1. The normalized spacial score (nSPS) is 31.6. The number of rotatable bonds is 11. The van der Waals surface area contributed by atoms with E-state index in [0.29, 0.717) is 24.1 Å². The highest BCUT2D eigenvalue weighted by Crippen LogP contribution is 2.58. The van der Waals surface area contributed by atoms with Gasteiger partial charge in [-0.05, 0) is 69.2 Å². The van der Waals surface area contributed by atoms with E-state index >= 15 is 0 Å². The number of pyridine rings is 1. The van der Waals surface area contributed by atoms with Crippen LogP contribution in [0, 0.1) is 11.8 Å². The Kier molecular flexibility index (Phi) is 9.77. The van der Waals surface area contributed by atoms with E-state index in [2.05, 4.69) is 45.0 Å². The lowest BCUT2D eigenvalue weighted by Crippen LogP contribution is -2.51. The van der Waals surface area contributed by atoms with E-state index in [1.165, 1.54) is 0 Å². The highest BCUT2D eigenvalue weighted by atomic mass is 16.7. The maximum absolute atomic E-state index is 14.2. The van der Waals surface area contributed by atoms with Gasteiger partial charge >= 0.3 is 5.97 Å². The fourth-order valence-electron chi connectivity index (χ4n) is 7.94. The number of hydrogen-bond donors (Lipinski definition) is 4. The molecule has 49 heavy (non-hydrogen) atoms. The number of ether oxygens (including phenoxy) is 2. The van der Waals surface area contributed by atoms with Crippen molar-refractivity contribution in [1.82, 2.24) is 20.9 Å². The second kappa shape index (κ2) is 13.9. The zero-order valence-electron chi connectivity index (χ0n) is 28.9. The topological polar surface area (TPSA) is 160 Å². The van der Waals surface area contributed by atoms with Crippen molar-refractivity contribution in [3.05, 3.63) is 83.1 Å². The number of guanidine groups is 1. The van der Waals surface area contributed by atoms with Crippen LogP contribution >= 0.6 is 0 Å². The summed E-state index contributed by atoms with van der Waals surface area (Å²) in [4.78, 5) is 51.1. The van der Waals surface area contributed by atoms with Crippen molar-refractivity contribution in [2.45, 2.75) is 82.1 Å². The predicted octanol–water partition coefficient (Wildman–Crippen LogP) is 4.26. The molecule has 1 aromatic heterocycles. The zero-order chi connectivity index (χ0) is 34.8. The summed E-state index contributed by atoms with van der Waals surface area (Å²) in [6, 6.07) is 10.5. The monoisotopic (exact) mass is 668 g/mol. The number of anilines is 1. The number of Topliss-reactive ketones (excluding diaryl/α,β-unsaturated/α-hetero) is 2. The van der Waals surface area contributed by atoms with Gasteiger partial charge in [0.05, 0.1) is 12.1 Å². The standard InChI is InChI=1S/C38H48N6O5/c1-5-25-12-13-30(41-6-2)26(20-25)23-48-34(47)38-33(46)29-11-8-7-10-28(29)32(45)37(38,49-38)17-14-24(3)22-36(27-15-19-42-31(39)21-27)16-9-18-43-35(40-4)44-36/h7-8,10-15,19,21,25-26,30,41H,5-6,9,16-18,20,22-23H2,1-4H3,(H2,39,42)(H2,40,43,44). The van der Waals surface area contributed by atoms with Gasteiger partial charge in [-0.1, -0.05) is 61.9 Å². The third-order valence-electron chi connectivity index (χ3n) is 10.6. The van der Waals surface area contributed by atoms with E-state index in [1.807, 2.05) is 32.1 Å². The second-order valence-corrected chi connectivity index (χ2v) is 13.8. The summed E-state index contributed by atoms with van der Waals surface area (Å²) in [5, 5.41) is 10.4. The molecule has 0 bridgehead atoms. The Morgan fingerprint density at radius 2 is 1.96 bits per heavy atom. The van der Waals surface area contributed by atoms with Crippen molar-refractivity contribution in [3.63, 3.8) is 0 Å². The summed E-state index contributed by atoms with van der Waals surface area (Å²) < 4.78 is 12.1. The molecule has 0 radical (unpaired) electrons. The predicted molar refractivity (Wildman–Crippen MR) is 188 cm³/mol. The number of benzene rings is 1. The van der Waals surface area contributed by atoms with Gasteiger partial charge in [0.2, 0.25) is 5.78 Å². The van der Waals surface area contributed by atoms with Crippen LogP contribution in [0.15, 0.2) is 71.4 Å². The lowest BCUT2D eigenvalue weighted by Gasteiger charge is -2.35. The molecule has 0 spiro atoms. The minimum atomic E-state index is -2.03. The summed E-state index contributed by atoms with van der Waals surface area (Å²) >= 11 is 0. The maximum Gasteiger partial charge on any atom is 0.350 e. The van der Waals surface area contributed by atoms with Crippen LogP contribution in [0.4, 0.5) is 5.82 Å². The number of aromatic nitrogens is 1. The van der Waals surface area contributed by atoms with Gasteiger partial charge in [-0.2, -0.15) is 0 Å². The summed E-state index contributed by atoms with van der Waals surface area (Å²) in [6.45, 7) is 7.82. The molecule has 2 aliphatic heterocycles. The summed E-state index contributed by atoms with van der Waals surface area (Å²) in [5.74, 6) is -0.201. The Balaban J connectivity index is 1.29. The van der Waals surface area contributed by atoms with Crippen molar-refractivity contribution in [3.8, 4) is 0 Å². The van der Waals surface area contributed by atoms with Gasteiger partial charge in [0.1, 0.15) is 5.82 Å². The Labute approximate surface area is 288 Å². The molecule has 11 heteroatoms. The summed E-state index contributed by atoms with van der Waals surface area (Å²) in [5.41, 5.74) is 4.21. The third kappa shape index (κ3) is 6.18. The van der Waals surface area contributed by atoms with Gasteiger partial charge in [0.25, 0.3) is 5.60 Å². The molecule has 0 amide bonds. The fourth-order valence-corrected chi connectivity index (χ4v) is 7.94. The van der Waals surface area contributed by atoms with Crippen LogP contribution in [-0.2, 0) is 19.8 Å². The molecule has 6 atom stereocenters. The number of hydrogen-bond acceptors (Lipinski definition) is 9. The minimum absolute atomic E-state index is 0.0312. The van der Waals surface area contributed by atoms with Crippen molar-refractivity contribution >= 4 is 29.3 Å². The van der Waals surface area contributed by atoms with Crippen molar-refractivity contribution in [2.75, 3.05) is 32.5 Å². The molecule has 2 saturated heterocycles. The highest BCUT2D eigenvalue weighted by molar-refractivity contribution is 6.32. The molecule has 11 nitrogen and oxygen atoms in total. The molecule has 3 heterocycles. The third-order valence-corrected chi connectivity index (χ3v) is 10.6. The number of nitrogens with one attached hydrogen (secondary N) is 3. The Hall–Kier alpha value is -4.35. The molecule has 1 aromatic carbocycles. The number of carbonyl (C=O) groups excluding carboxylic acids is 3. The molecule has 6 unspecified atom stereocenters. The van der Waals surface area contributed by atoms with Crippen LogP contribution in [-0.4, -0.2) is 72.5 Å². The number of carbonyl (C=O) groups is 3. The largest absolute Gasteiger partial charge is 0.463 e. The zero-order valence-corrected chi connectivity index (χ0v) is 28.9. The number of nitrogens with two attached hydrogens (primary N) is 1. The first-order valence-electron chi connectivity index (χ1n) is 17.5. The van der Waals surface area contributed by atoms with E-state index in [4.69, 9.17) is 15.2 Å². The number of fused-ring (bicyclic) bond motifs is 2. The molecule has 2 aliphatic carbocycles. The Bertz CT molecular complexity index is 1700. The van der Waals surface area contributed by atoms with E-state index in [1.54, 1.807) is 37.5 Å². The van der Waals surface area contributed by atoms with E-state index in [9.17, 15) is 14.4 Å². The van der Waals surface area contributed by atoms with Gasteiger partial charge in [0, 0.05) is 49.3 Å². The van der Waals surface area contributed by atoms with Crippen LogP contribution in [0.1, 0.15) is 85.6 Å². The quantitative estimate of drug-likeness (QED) is 0.118. The lowest BCUT2D eigenvalue weighted by atomic mass is 9.72. The molecular formula is C38H48N6O5. The Morgan fingerprint density at radius 1 is 1.18 bits per heavy atom. The number of nitrogen functional groups attached to an aromatic ring is 1. The average Bonchev–Trinajstić information content (AvgIpc) is 3.86. The Morgan fingerprint density at radius 3 is 2.67 bits per heavy atom. The number of aliphatic imine (C=N–C) groups is 1. The first-order valence-corrected chi connectivity index (χ1v) is 17.5. The lowest BCUT2D eigenvalue weighted by molar-refractivity contribution is -0.149. The van der Waals surface area contributed by atoms with Crippen molar-refractivity contribution < 1.29 is 23.9 Å². The number of likely N-dealkylation sites (N-methyl/N-ethyl adjacent to an activating group) is 1. The molecule has 6 rings (SSSR count). The first-order chi connectivity index (χ1) is 23.6. The second-order valence-electron chi connectivity index (χ2n) is 13.8. The van der Waals surface area contributed by atoms with Gasteiger partial charge in [0.15, 0.2) is 17.3 Å². The summed E-state index contributed by atoms with van der Waals surface area (Å²) in [6.07, 6.45) is 12.1. The molecule has 2 fully saturated rings. The van der Waals surface area contributed by atoms with Crippen LogP contribution < -0.4 is 21.7 Å². The average molecular weight is 669 g/mol. The maximum atomic E-state index is 14.2. The van der Waals surface area contributed by atoms with Gasteiger partial charge in [-0.25, -0.2) is 9.78 Å². The summed E-state index contributed by atoms with van der Waals surface area (Å²) in [7, 11) is 1.73. The van der Waals surface area contributed by atoms with E-state index < -0.39 is 28.5 Å². The van der Waals surface area contributed by atoms with Crippen LogP contribution in [0.3, 0.4) is 0 Å². The molecular weight excluding hydrogens is 620 g/mol. The molecule has 2 aromatic rings. The highest BCUT2D eigenvalue weighted by Gasteiger charge is 2.85. The van der Waals surface area contributed by atoms with Crippen LogP contribution in [0.25, 0.3) is 0 Å². The van der Waals surface area contributed by atoms with Crippen molar-refractivity contribution in [2.24, 2.45) is 16.8 Å². The van der Waals surface area contributed by atoms with Gasteiger partial charge in [-0.15, -0.1) is 0 Å². The fraction of sp³-hybridized carbons (Fsp3) is 0.500. The first kappa shape index (κ1) is 34.5. The van der Waals surface area contributed by atoms with Crippen LogP contribution in [0.5, 0.6) is 0 Å². The number of allylic oxidation sites excluding steroid dienone is 1. The van der Waals surface area contributed by atoms with E-state index in [-0.39, 0.29) is 41.9 Å². The number of epoxide rings is 1. The molecule has 4 aliphatic rings. The molecule has 260 valence electrons. The number of ketones is 2. The van der Waals surface area contributed by atoms with Gasteiger partial charge in [-0.3, -0.25) is 14.6 Å².